The van der Waals surface area contributed by atoms with Crippen LogP contribution >= 0.6 is 0 Å². The average molecular weight is 216 g/mol. The van der Waals surface area contributed by atoms with Gasteiger partial charge in [-0.2, -0.15) is 5.26 Å². The Morgan fingerprint density at radius 3 is 3.12 bits per heavy atom. The second kappa shape index (κ2) is 5.00. The van der Waals surface area contributed by atoms with E-state index in [1.165, 1.54) is 12.8 Å². The normalized spacial score (nSPS) is 19.4. The third kappa shape index (κ3) is 2.53. The van der Waals surface area contributed by atoms with Gasteiger partial charge < -0.3 is 10.1 Å². The molecule has 16 heavy (non-hydrogen) atoms. The number of rotatable bonds is 3. The molecule has 3 nitrogen and oxygen atoms in total. The molecule has 84 valence electrons. The molecule has 0 aliphatic carbocycles. The highest BCUT2D eigenvalue weighted by Crippen LogP contribution is 2.20. The smallest absolute Gasteiger partial charge is 0.123 e. The van der Waals surface area contributed by atoms with Crippen LogP contribution in [0, 0.1) is 18.3 Å². The first-order valence-electron chi connectivity index (χ1n) is 5.66. The standard InChI is InChI=1S/C13H16N2O/c1-10-4-5-11(8-14)7-13(10)16-9-12-3-2-6-15-12/h4-5,7,12,15H,2-3,6,9H2,1H3/t12-/m0/s1. The molecule has 0 aromatic heterocycles. The SMILES string of the molecule is Cc1ccc(C#N)cc1OC[C@@H]1CCCN1. The van der Waals surface area contributed by atoms with E-state index in [4.69, 9.17) is 10.00 Å². The summed E-state index contributed by atoms with van der Waals surface area (Å²) in [6.07, 6.45) is 2.40. The van der Waals surface area contributed by atoms with Crippen LogP contribution in [0.1, 0.15) is 24.0 Å². The fraction of sp³-hybridized carbons (Fsp3) is 0.462. The highest BCUT2D eigenvalue weighted by Gasteiger charge is 2.14. The minimum atomic E-state index is 0.463. The maximum absolute atomic E-state index is 8.81. The molecule has 0 bridgehead atoms. The van der Waals surface area contributed by atoms with Crippen LogP contribution in [-0.2, 0) is 0 Å². The van der Waals surface area contributed by atoms with E-state index in [1.54, 1.807) is 0 Å². The van der Waals surface area contributed by atoms with Gasteiger partial charge in [-0.1, -0.05) is 6.07 Å². The van der Waals surface area contributed by atoms with Gasteiger partial charge in [0.25, 0.3) is 0 Å². The number of benzene rings is 1. The number of nitriles is 1. The molecule has 1 saturated heterocycles. The van der Waals surface area contributed by atoms with Crippen LogP contribution in [0.25, 0.3) is 0 Å². The Kier molecular flexibility index (Phi) is 3.43. The van der Waals surface area contributed by atoms with Crippen LogP contribution in [-0.4, -0.2) is 19.2 Å². The lowest BCUT2D eigenvalue weighted by atomic mass is 10.1. The highest BCUT2D eigenvalue weighted by atomic mass is 16.5. The molecular weight excluding hydrogens is 200 g/mol. The Bertz CT molecular complexity index is 403. The number of nitrogens with zero attached hydrogens (tertiary/aromatic N) is 1. The van der Waals surface area contributed by atoms with Crippen molar-refractivity contribution in [3.8, 4) is 11.8 Å². The summed E-state index contributed by atoms with van der Waals surface area (Å²) in [5, 5.41) is 12.2. The summed E-state index contributed by atoms with van der Waals surface area (Å²) < 4.78 is 5.75. The lowest BCUT2D eigenvalue weighted by Crippen LogP contribution is -2.28. The minimum Gasteiger partial charge on any atom is -0.492 e. The largest absolute Gasteiger partial charge is 0.492 e. The van der Waals surface area contributed by atoms with Gasteiger partial charge in [0.15, 0.2) is 0 Å². The summed E-state index contributed by atoms with van der Waals surface area (Å²) in [5.74, 6) is 0.827. The summed E-state index contributed by atoms with van der Waals surface area (Å²) in [4.78, 5) is 0. The summed E-state index contributed by atoms with van der Waals surface area (Å²) in [6, 6.07) is 8.14. The lowest BCUT2D eigenvalue weighted by Gasteiger charge is -2.13. The number of ether oxygens (including phenoxy) is 1. The molecule has 1 fully saturated rings. The van der Waals surface area contributed by atoms with Crippen molar-refractivity contribution in [1.82, 2.24) is 5.32 Å². The van der Waals surface area contributed by atoms with Gasteiger partial charge in [-0.25, -0.2) is 0 Å². The Morgan fingerprint density at radius 1 is 1.56 bits per heavy atom. The van der Waals surface area contributed by atoms with E-state index < -0.39 is 0 Å². The zero-order valence-corrected chi connectivity index (χ0v) is 9.49. The van der Waals surface area contributed by atoms with Crippen LogP contribution in [0.5, 0.6) is 5.75 Å². The van der Waals surface area contributed by atoms with Gasteiger partial charge >= 0.3 is 0 Å². The molecular formula is C13H16N2O. The second-order valence-corrected chi connectivity index (χ2v) is 4.20. The molecule has 0 spiro atoms. The first-order valence-corrected chi connectivity index (χ1v) is 5.66. The monoisotopic (exact) mass is 216 g/mol. The molecule has 2 rings (SSSR count). The topological polar surface area (TPSA) is 45.0 Å². The van der Waals surface area contributed by atoms with Crippen LogP contribution < -0.4 is 10.1 Å². The van der Waals surface area contributed by atoms with E-state index in [-0.39, 0.29) is 0 Å². The van der Waals surface area contributed by atoms with E-state index >= 15 is 0 Å². The van der Waals surface area contributed by atoms with Gasteiger partial charge in [-0.3, -0.25) is 0 Å². The fourth-order valence-corrected chi connectivity index (χ4v) is 1.91. The van der Waals surface area contributed by atoms with Crippen molar-refractivity contribution in [2.45, 2.75) is 25.8 Å². The predicted molar refractivity (Wildman–Crippen MR) is 62.4 cm³/mol. The van der Waals surface area contributed by atoms with E-state index in [1.807, 2.05) is 25.1 Å². The van der Waals surface area contributed by atoms with Gasteiger partial charge in [0.1, 0.15) is 12.4 Å². The Balaban J connectivity index is 2.00. The molecule has 1 aromatic rings. The van der Waals surface area contributed by atoms with Crippen molar-refractivity contribution in [2.24, 2.45) is 0 Å². The molecule has 1 N–H and O–H groups in total. The summed E-state index contributed by atoms with van der Waals surface area (Å²) >= 11 is 0. The number of hydrogen-bond acceptors (Lipinski definition) is 3. The van der Waals surface area contributed by atoms with Crippen LogP contribution in [0.15, 0.2) is 18.2 Å². The van der Waals surface area contributed by atoms with Crippen LogP contribution in [0.3, 0.4) is 0 Å². The highest BCUT2D eigenvalue weighted by molar-refractivity contribution is 5.41. The molecule has 3 heteroatoms. The van der Waals surface area contributed by atoms with Crippen molar-refractivity contribution in [3.63, 3.8) is 0 Å². The third-order valence-electron chi connectivity index (χ3n) is 2.92. The van der Waals surface area contributed by atoms with Crippen molar-refractivity contribution >= 4 is 0 Å². The summed E-state index contributed by atoms with van der Waals surface area (Å²) in [5.41, 5.74) is 1.73. The molecule has 1 atom stereocenters. The fourth-order valence-electron chi connectivity index (χ4n) is 1.91. The molecule has 0 amide bonds. The summed E-state index contributed by atoms with van der Waals surface area (Å²) in [6.45, 7) is 3.78. The number of hydrogen-bond donors (Lipinski definition) is 1. The molecule has 0 radical (unpaired) electrons. The first-order chi connectivity index (χ1) is 7.79. The van der Waals surface area contributed by atoms with Gasteiger partial charge in [-0.05, 0) is 44.0 Å². The van der Waals surface area contributed by atoms with E-state index in [2.05, 4.69) is 11.4 Å². The zero-order chi connectivity index (χ0) is 11.4. The van der Waals surface area contributed by atoms with Gasteiger partial charge in [-0.15, -0.1) is 0 Å². The second-order valence-electron chi connectivity index (χ2n) is 4.20. The van der Waals surface area contributed by atoms with E-state index in [0.717, 1.165) is 17.9 Å². The van der Waals surface area contributed by atoms with Crippen molar-refractivity contribution in [3.05, 3.63) is 29.3 Å². The lowest BCUT2D eigenvalue weighted by molar-refractivity contribution is 0.275. The van der Waals surface area contributed by atoms with E-state index in [0.29, 0.717) is 18.2 Å². The Morgan fingerprint density at radius 2 is 2.44 bits per heavy atom. The van der Waals surface area contributed by atoms with Gasteiger partial charge in [0.2, 0.25) is 0 Å². The Labute approximate surface area is 96.0 Å². The molecule has 1 aromatic carbocycles. The maximum Gasteiger partial charge on any atom is 0.123 e. The molecule has 1 heterocycles. The first kappa shape index (κ1) is 11.0. The number of aryl methyl sites for hydroxylation is 1. The maximum atomic E-state index is 8.81. The molecule has 0 saturated carbocycles. The quantitative estimate of drug-likeness (QED) is 0.840. The third-order valence-corrected chi connectivity index (χ3v) is 2.92. The van der Waals surface area contributed by atoms with Crippen molar-refractivity contribution < 1.29 is 4.74 Å². The molecule has 0 unspecified atom stereocenters. The van der Waals surface area contributed by atoms with Gasteiger partial charge in [0.05, 0.1) is 11.6 Å². The predicted octanol–water partition coefficient (Wildman–Crippen LogP) is 2.00. The van der Waals surface area contributed by atoms with Gasteiger partial charge in [0, 0.05) is 6.04 Å². The summed E-state index contributed by atoms with van der Waals surface area (Å²) in [7, 11) is 0. The number of nitrogens with one attached hydrogen (secondary N) is 1. The van der Waals surface area contributed by atoms with Crippen LogP contribution in [0.2, 0.25) is 0 Å². The average Bonchev–Trinajstić information content (AvgIpc) is 2.81. The minimum absolute atomic E-state index is 0.463. The van der Waals surface area contributed by atoms with Crippen molar-refractivity contribution in [1.29, 1.82) is 5.26 Å². The van der Waals surface area contributed by atoms with Crippen molar-refractivity contribution in [2.75, 3.05) is 13.2 Å². The molecule has 1 aliphatic rings. The zero-order valence-electron chi connectivity index (χ0n) is 9.49. The van der Waals surface area contributed by atoms with Crippen LogP contribution in [0.4, 0.5) is 0 Å². The Hall–Kier alpha value is -1.53. The molecule has 1 aliphatic heterocycles. The van der Waals surface area contributed by atoms with E-state index in [9.17, 15) is 0 Å².